The van der Waals surface area contributed by atoms with Crippen molar-refractivity contribution in [1.29, 1.82) is 0 Å². The number of nitrogens with one attached hydrogen (secondary N) is 1. The maximum Gasteiger partial charge on any atom is 0.284 e. The molecule has 0 fully saturated rings. The monoisotopic (exact) mass is 364 g/mol. The molecule has 1 aliphatic rings. The average Bonchev–Trinajstić information content (AvgIpc) is 3.15. The van der Waals surface area contributed by atoms with Gasteiger partial charge in [0.1, 0.15) is 17.7 Å². The summed E-state index contributed by atoms with van der Waals surface area (Å²) in [5.74, 6) is 1.09. The van der Waals surface area contributed by atoms with Crippen LogP contribution in [0, 0.1) is 6.92 Å². The number of thiophene rings is 1. The van der Waals surface area contributed by atoms with Crippen molar-refractivity contribution in [3.05, 3.63) is 44.5 Å². The van der Waals surface area contributed by atoms with E-state index in [2.05, 4.69) is 20.8 Å². The molecule has 3 heterocycles. The first-order chi connectivity index (χ1) is 11.7. The highest BCUT2D eigenvalue weighted by Gasteiger charge is 2.29. The third-order valence-corrected chi connectivity index (χ3v) is 5.72. The molecule has 0 bridgehead atoms. The number of hydrogen-bond donors (Lipinski definition) is 3. The van der Waals surface area contributed by atoms with Crippen LogP contribution in [0.25, 0.3) is 0 Å². The molecule has 0 aromatic carbocycles. The van der Waals surface area contributed by atoms with Gasteiger partial charge >= 0.3 is 0 Å². The number of hydroxylamine groups is 1. The highest BCUT2D eigenvalue weighted by Crippen LogP contribution is 2.35. The molecule has 6 nitrogen and oxygen atoms in total. The van der Waals surface area contributed by atoms with Gasteiger partial charge < -0.3 is 9.52 Å². The van der Waals surface area contributed by atoms with Crippen LogP contribution in [0.1, 0.15) is 64.2 Å². The first kappa shape index (κ1) is 18.1. The number of furan rings is 1. The van der Waals surface area contributed by atoms with Gasteiger partial charge in [0, 0.05) is 28.9 Å². The molecule has 3 rings (SSSR count). The van der Waals surface area contributed by atoms with E-state index in [9.17, 15) is 9.90 Å². The first-order valence-corrected chi connectivity index (χ1v) is 9.11. The molecule has 0 aliphatic carbocycles. The van der Waals surface area contributed by atoms with Crippen LogP contribution in [0.2, 0.25) is 0 Å². The molecule has 0 saturated carbocycles. The van der Waals surface area contributed by atoms with E-state index >= 15 is 0 Å². The van der Waals surface area contributed by atoms with Crippen LogP contribution in [-0.2, 0) is 18.4 Å². The molecule has 2 aromatic rings. The Balaban J connectivity index is 1.81. The predicted octanol–water partition coefficient (Wildman–Crippen LogP) is 3.12. The van der Waals surface area contributed by atoms with Gasteiger partial charge in [-0.1, -0.05) is 20.8 Å². The van der Waals surface area contributed by atoms with Crippen molar-refractivity contribution in [3.8, 4) is 0 Å². The first-order valence-electron chi connectivity index (χ1n) is 8.29. The molecule has 0 saturated heterocycles. The standard InChI is InChI=1S/C18H24N2O4S/c1-10-12(8-15(24-10)18(2,3)4)17(22)20-6-5-11-7-13(16(21)19-23)25-14(11)9-20/h7-8,17,22-23H,5-6,9H2,1-4H3,(H,19,21). The number of fused-ring (bicyclic) bond motifs is 1. The van der Waals surface area contributed by atoms with E-state index in [0.717, 1.165) is 33.9 Å². The maximum atomic E-state index is 11.6. The van der Waals surface area contributed by atoms with Crippen molar-refractivity contribution in [3.63, 3.8) is 0 Å². The van der Waals surface area contributed by atoms with Gasteiger partial charge in [-0.25, -0.2) is 5.48 Å². The lowest BCUT2D eigenvalue weighted by atomic mass is 9.93. The third kappa shape index (κ3) is 3.50. The summed E-state index contributed by atoms with van der Waals surface area (Å²) < 4.78 is 5.85. The Morgan fingerprint density at radius 2 is 2.12 bits per heavy atom. The number of hydrogen-bond acceptors (Lipinski definition) is 6. The zero-order valence-electron chi connectivity index (χ0n) is 14.9. The van der Waals surface area contributed by atoms with Crippen molar-refractivity contribution in [2.45, 2.75) is 52.3 Å². The lowest BCUT2D eigenvalue weighted by Gasteiger charge is -2.30. The van der Waals surface area contributed by atoms with Crippen LogP contribution in [0.5, 0.6) is 0 Å². The quantitative estimate of drug-likeness (QED) is 0.575. The number of amides is 1. The molecule has 136 valence electrons. The number of carbonyl (C=O) groups excluding carboxylic acids is 1. The Morgan fingerprint density at radius 1 is 1.40 bits per heavy atom. The molecule has 1 unspecified atom stereocenters. The molecule has 1 aliphatic heterocycles. The Bertz CT molecular complexity index is 788. The average molecular weight is 364 g/mol. The van der Waals surface area contributed by atoms with Gasteiger partial charge in [-0.15, -0.1) is 11.3 Å². The Hall–Kier alpha value is -1.67. The summed E-state index contributed by atoms with van der Waals surface area (Å²) in [5.41, 5.74) is 3.45. The summed E-state index contributed by atoms with van der Waals surface area (Å²) in [6, 6.07) is 3.75. The SMILES string of the molecule is Cc1oc(C(C)(C)C)cc1C(O)N1CCc2cc(C(=O)NO)sc2C1. The number of aliphatic hydroxyl groups is 1. The number of nitrogens with zero attached hydrogens (tertiary/aromatic N) is 1. The summed E-state index contributed by atoms with van der Waals surface area (Å²) >= 11 is 1.35. The number of rotatable bonds is 3. The fraction of sp³-hybridized carbons (Fsp3) is 0.500. The Kier molecular flexibility index (Phi) is 4.76. The van der Waals surface area contributed by atoms with Crippen LogP contribution >= 0.6 is 11.3 Å². The lowest BCUT2D eigenvalue weighted by Crippen LogP contribution is -2.33. The van der Waals surface area contributed by atoms with Crippen LogP contribution < -0.4 is 5.48 Å². The molecular formula is C18H24N2O4S. The van der Waals surface area contributed by atoms with Crippen LogP contribution in [0.15, 0.2) is 16.5 Å². The summed E-state index contributed by atoms with van der Waals surface area (Å²) in [6.07, 6.45) is 0.00942. The molecule has 1 amide bonds. The summed E-state index contributed by atoms with van der Waals surface area (Å²) in [6.45, 7) is 9.36. The van der Waals surface area contributed by atoms with Gasteiger partial charge in [0.2, 0.25) is 0 Å². The van der Waals surface area contributed by atoms with E-state index in [0.29, 0.717) is 18.0 Å². The summed E-state index contributed by atoms with van der Waals surface area (Å²) in [4.78, 5) is 15.1. The molecule has 3 N–H and O–H groups in total. The van der Waals surface area contributed by atoms with E-state index in [1.807, 2.05) is 24.0 Å². The number of aliphatic hydroxyl groups excluding tert-OH is 1. The lowest BCUT2D eigenvalue weighted by molar-refractivity contribution is -0.00784. The molecule has 25 heavy (non-hydrogen) atoms. The number of carbonyl (C=O) groups is 1. The van der Waals surface area contributed by atoms with Gasteiger partial charge in [-0.2, -0.15) is 0 Å². The minimum atomic E-state index is -0.745. The largest absolute Gasteiger partial charge is 0.465 e. The molecule has 1 atom stereocenters. The van der Waals surface area contributed by atoms with Crippen molar-refractivity contribution >= 4 is 17.2 Å². The normalized spacial score (nSPS) is 16.6. The minimum absolute atomic E-state index is 0.113. The second kappa shape index (κ2) is 6.57. The Labute approximate surface area is 151 Å². The smallest absolute Gasteiger partial charge is 0.284 e. The highest BCUT2D eigenvalue weighted by molar-refractivity contribution is 7.14. The van der Waals surface area contributed by atoms with Crippen molar-refractivity contribution < 1.29 is 19.5 Å². The second-order valence-electron chi connectivity index (χ2n) is 7.47. The van der Waals surface area contributed by atoms with Gasteiger partial charge in [0.05, 0.1) is 4.88 Å². The van der Waals surface area contributed by atoms with Crippen LogP contribution in [0.3, 0.4) is 0 Å². The maximum absolute atomic E-state index is 11.6. The summed E-state index contributed by atoms with van der Waals surface area (Å²) in [5, 5.41) is 19.6. The van der Waals surface area contributed by atoms with Gasteiger partial charge in [-0.05, 0) is 31.0 Å². The molecule has 0 spiro atoms. The fourth-order valence-corrected chi connectivity index (χ4v) is 4.16. The van der Waals surface area contributed by atoms with E-state index in [1.54, 1.807) is 5.48 Å². The third-order valence-electron chi connectivity index (χ3n) is 4.56. The van der Waals surface area contributed by atoms with Gasteiger partial charge in [0.25, 0.3) is 5.91 Å². The van der Waals surface area contributed by atoms with Crippen LogP contribution in [0.4, 0.5) is 0 Å². The molecule has 2 aromatic heterocycles. The molecule has 0 radical (unpaired) electrons. The van der Waals surface area contributed by atoms with Crippen molar-refractivity contribution in [1.82, 2.24) is 10.4 Å². The number of aryl methyl sites for hydroxylation is 1. The van der Waals surface area contributed by atoms with Crippen molar-refractivity contribution in [2.75, 3.05) is 6.54 Å². The van der Waals surface area contributed by atoms with Gasteiger partial charge in [-0.3, -0.25) is 14.9 Å². The Morgan fingerprint density at radius 3 is 2.72 bits per heavy atom. The summed E-state index contributed by atoms with van der Waals surface area (Å²) in [7, 11) is 0. The topological polar surface area (TPSA) is 85.9 Å². The molecule has 7 heteroatoms. The van der Waals surface area contributed by atoms with E-state index in [4.69, 9.17) is 9.62 Å². The van der Waals surface area contributed by atoms with Gasteiger partial charge in [0.15, 0.2) is 0 Å². The zero-order chi connectivity index (χ0) is 18.4. The van der Waals surface area contributed by atoms with E-state index in [1.165, 1.54) is 11.3 Å². The zero-order valence-corrected chi connectivity index (χ0v) is 15.7. The van der Waals surface area contributed by atoms with Crippen molar-refractivity contribution in [2.24, 2.45) is 0 Å². The van der Waals surface area contributed by atoms with Crippen LogP contribution in [-0.4, -0.2) is 27.7 Å². The fourth-order valence-electron chi connectivity index (χ4n) is 3.03. The predicted molar refractivity (Wildman–Crippen MR) is 94.8 cm³/mol. The van der Waals surface area contributed by atoms with E-state index < -0.39 is 12.1 Å². The minimum Gasteiger partial charge on any atom is -0.465 e. The highest BCUT2D eigenvalue weighted by atomic mass is 32.1. The van der Waals surface area contributed by atoms with E-state index in [-0.39, 0.29) is 5.41 Å². The second-order valence-corrected chi connectivity index (χ2v) is 8.60. The molecular weight excluding hydrogens is 340 g/mol.